The van der Waals surface area contributed by atoms with E-state index in [4.69, 9.17) is 0 Å². The largest absolute Gasteiger partial charge is 0.508 e. The summed E-state index contributed by atoms with van der Waals surface area (Å²) in [6, 6.07) is 23.0. The number of aryl methyl sites for hydroxylation is 2. The van der Waals surface area contributed by atoms with Crippen LogP contribution in [0.3, 0.4) is 0 Å². The van der Waals surface area contributed by atoms with Gasteiger partial charge in [-0.05, 0) is 75.8 Å². The molecule has 0 spiro atoms. The van der Waals surface area contributed by atoms with E-state index >= 15 is 0 Å². The Kier molecular flexibility index (Phi) is 3.09. The van der Waals surface area contributed by atoms with Crippen molar-refractivity contribution in [3.05, 3.63) is 77.9 Å². The van der Waals surface area contributed by atoms with Crippen molar-refractivity contribution in [1.29, 1.82) is 0 Å². The molecule has 0 aliphatic rings. The van der Waals surface area contributed by atoms with Crippen LogP contribution in [0.5, 0.6) is 5.75 Å². The lowest BCUT2D eigenvalue weighted by Gasteiger charge is -2.16. The van der Waals surface area contributed by atoms with E-state index in [0.29, 0.717) is 5.75 Å². The van der Waals surface area contributed by atoms with Crippen LogP contribution < -0.4 is 0 Å². The van der Waals surface area contributed by atoms with Gasteiger partial charge in [0.15, 0.2) is 0 Å². The van der Waals surface area contributed by atoms with E-state index in [1.807, 2.05) is 12.1 Å². The summed E-state index contributed by atoms with van der Waals surface area (Å²) in [6.07, 6.45) is 0. The molecule has 0 aliphatic heterocycles. The lowest BCUT2D eigenvalue weighted by molar-refractivity contribution is 0.474. The smallest absolute Gasteiger partial charge is 0.116 e. The van der Waals surface area contributed by atoms with E-state index in [1.165, 1.54) is 32.7 Å². The molecule has 0 radical (unpaired) electrons. The van der Waals surface area contributed by atoms with Crippen LogP contribution in [0.1, 0.15) is 11.1 Å². The number of phenolic OH excluding ortho intramolecular Hbond substituents is 1. The summed E-state index contributed by atoms with van der Waals surface area (Å²) in [5.41, 5.74) is 4.68. The van der Waals surface area contributed by atoms with Crippen LogP contribution >= 0.6 is 0 Å². The first-order chi connectivity index (χ1) is 11.1. The number of benzene rings is 4. The molecule has 112 valence electrons. The molecule has 0 amide bonds. The molecule has 4 aromatic carbocycles. The lowest BCUT2D eigenvalue weighted by Crippen LogP contribution is -1.92. The SMILES string of the molecule is Cc1cc(O)cc(C)c1-c1c2ccccc2cc2ccccc12. The molecule has 1 nitrogen and oxygen atoms in total. The Morgan fingerprint density at radius 2 is 1.09 bits per heavy atom. The Labute approximate surface area is 135 Å². The molecule has 0 atom stereocenters. The summed E-state index contributed by atoms with van der Waals surface area (Å²) in [5, 5.41) is 14.9. The van der Waals surface area contributed by atoms with Gasteiger partial charge in [0.25, 0.3) is 0 Å². The first-order valence-corrected chi connectivity index (χ1v) is 7.86. The van der Waals surface area contributed by atoms with Gasteiger partial charge in [-0.15, -0.1) is 0 Å². The molecule has 23 heavy (non-hydrogen) atoms. The van der Waals surface area contributed by atoms with Gasteiger partial charge in [-0.1, -0.05) is 48.5 Å². The Morgan fingerprint density at radius 1 is 0.609 bits per heavy atom. The number of rotatable bonds is 1. The summed E-state index contributed by atoms with van der Waals surface area (Å²) >= 11 is 0. The fraction of sp³-hybridized carbons (Fsp3) is 0.0909. The van der Waals surface area contributed by atoms with Gasteiger partial charge in [-0.2, -0.15) is 0 Å². The normalized spacial score (nSPS) is 11.2. The van der Waals surface area contributed by atoms with E-state index in [1.54, 1.807) is 0 Å². The van der Waals surface area contributed by atoms with Crippen LogP contribution in [0.2, 0.25) is 0 Å². The topological polar surface area (TPSA) is 20.2 Å². The van der Waals surface area contributed by atoms with Gasteiger partial charge in [-0.25, -0.2) is 0 Å². The summed E-state index contributed by atoms with van der Waals surface area (Å²) < 4.78 is 0. The second-order valence-corrected chi connectivity index (χ2v) is 6.15. The maximum Gasteiger partial charge on any atom is 0.116 e. The van der Waals surface area contributed by atoms with E-state index in [9.17, 15) is 5.11 Å². The highest BCUT2D eigenvalue weighted by Gasteiger charge is 2.14. The predicted molar refractivity (Wildman–Crippen MR) is 98.0 cm³/mol. The van der Waals surface area contributed by atoms with Crippen LogP contribution in [0.15, 0.2) is 66.7 Å². The van der Waals surface area contributed by atoms with E-state index in [0.717, 1.165) is 11.1 Å². The molecule has 0 aromatic heterocycles. The number of phenols is 1. The van der Waals surface area contributed by atoms with Crippen LogP contribution in [-0.4, -0.2) is 5.11 Å². The first-order valence-electron chi connectivity index (χ1n) is 7.86. The van der Waals surface area contributed by atoms with Crippen molar-refractivity contribution in [2.45, 2.75) is 13.8 Å². The highest BCUT2D eigenvalue weighted by molar-refractivity contribution is 6.13. The van der Waals surface area contributed by atoms with Gasteiger partial charge in [0.05, 0.1) is 0 Å². The highest BCUT2D eigenvalue weighted by Crippen LogP contribution is 2.40. The fourth-order valence-corrected chi connectivity index (χ4v) is 3.62. The minimum absolute atomic E-state index is 0.327. The zero-order valence-corrected chi connectivity index (χ0v) is 13.3. The van der Waals surface area contributed by atoms with Gasteiger partial charge in [-0.3, -0.25) is 0 Å². The molecule has 1 heteroatoms. The van der Waals surface area contributed by atoms with Gasteiger partial charge in [0.1, 0.15) is 5.75 Å². The molecule has 0 bridgehead atoms. The van der Waals surface area contributed by atoms with Crippen molar-refractivity contribution < 1.29 is 5.11 Å². The van der Waals surface area contributed by atoms with E-state index in [-0.39, 0.29) is 0 Å². The van der Waals surface area contributed by atoms with E-state index < -0.39 is 0 Å². The average Bonchev–Trinajstić information content (AvgIpc) is 2.53. The van der Waals surface area contributed by atoms with Gasteiger partial charge in [0, 0.05) is 0 Å². The molecular formula is C22H18O. The third-order valence-corrected chi connectivity index (χ3v) is 4.54. The Hall–Kier alpha value is -2.80. The second kappa shape index (κ2) is 5.13. The summed E-state index contributed by atoms with van der Waals surface area (Å²) in [4.78, 5) is 0. The molecule has 0 unspecified atom stereocenters. The van der Waals surface area contributed by atoms with Crippen molar-refractivity contribution in [2.75, 3.05) is 0 Å². The maximum absolute atomic E-state index is 9.89. The minimum atomic E-state index is 0.327. The molecule has 0 saturated carbocycles. The maximum atomic E-state index is 9.89. The van der Waals surface area contributed by atoms with Crippen molar-refractivity contribution in [2.24, 2.45) is 0 Å². The monoisotopic (exact) mass is 298 g/mol. The number of hydrogen-bond donors (Lipinski definition) is 1. The Morgan fingerprint density at radius 3 is 1.61 bits per heavy atom. The van der Waals surface area contributed by atoms with Crippen LogP contribution in [0, 0.1) is 13.8 Å². The van der Waals surface area contributed by atoms with Gasteiger partial charge >= 0.3 is 0 Å². The summed E-state index contributed by atoms with van der Waals surface area (Å²) in [7, 11) is 0. The standard InChI is InChI=1S/C22H18O/c1-14-11-18(23)12-15(2)21(14)22-19-9-5-3-7-16(19)13-17-8-4-6-10-20(17)22/h3-13,23H,1-2H3. The number of aromatic hydroxyl groups is 1. The second-order valence-electron chi connectivity index (χ2n) is 6.15. The molecule has 0 fully saturated rings. The average molecular weight is 298 g/mol. The summed E-state index contributed by atoms with van der Waals surface area (Å²) in [6.45, 7) is 4.14. The van der Waals surface area contributed by atoms with Crippen molar-refractivity contribution >= 4 is 21.5 Å². The first kappa shape index (κ1) is 13.8. The number of fused-ring (bicyclic) bond motifs is 2. The van der Waals surface area contributed by atoms with Gasteiger partial charge < -0.3 is 5.11 Å². The third kappa shape index (κ3) is 2.17. The molecule has 1 N–H and O–H groups in total. The van der Waals surface area contributed by atoms with Crippen LogP contribution in [0.25, 0.3) is 32.7 Å². The molecule has 4 aromatic rings. The molecule has 4 rings (SSSR count). The van der Waals surface area contributed by atoms with Crippen LogP contribution in [-0.2, 0) is 0 Å². The lowest BCUT2D eigenvalue weighted by atomic mass is 9.87. The quantitative estimate of drug-likeness (QED) is 0.428. The number of hydrogen-bond acceptors (Lipinski definition) is 1. The highest BCUT2D eigenvalue weighted by atomic mass is 16.3. The molecule has 0 heterocycles. The molecular weight excluding hydrogens is 280 g/mol. The van der Waals surface area contributed by atoms with E-state index in [2.05, 4.69) is 68.4 Å². The zero-order valence-electron chi connectivity index (χ0n) is 13.3. The molecule has 0 aliphatic carbocycles. The third-order valence-electron chi connectivity index (χ3n) is 4.54. The minimum Gasteiger partial charge on any atom is -0.508 e. The van der Waals surface area contributed by atoms with Crippen LogP contribution in [0.4, 0.5) is 0 Å². The predicted octanol–water partition coefficient (Wildman–Crippen LogP) is 5.98. The van der Waals surface area contributed by atoms with Gasteiger partial charge in [0.2, 0.25) is 0 Å². The summed E-state index contributed by atoms with van der Waals surface area (Å²) in [5.74, 6) is 0.327. The van der Waals surface area contributed by atoms with Crippen molar-refractivity contribution in [1.82, 2.24) is 0 Å². The Balaban J connectivity index is 2.25. The molecule has 0 saturated heterocycles. The Bertz CT molecular complexity index is 967. The van der Waals surface area contributed by atoms with Crippen molar-refractivity contribution in [3.63, 3.8) is 0 Å². The zero-order chi connectivity index (χ0) is 16.0. The fourth-order valence-electron chi connectivity index (χ4n) is 3.62. The van der Waals surface area contributed by atoms with Crippen molar-refractivity contribution in [3.8, 4) is 16.9 Å².